The fraction of sp³-hybridized carbons (Fsp3) is 0.429. The van der Waals surface area contributed by atoms with Crippen LogP contribution in [-0.2, 0) is 19.2 Å². The van der Waals surface area contributed by atoms with E-state index in [1.807, 2.05) is 0 Å². The summed E-state index contributed by atoms with van der Waals surface area (Å²) in [7, 11) is 0. The third-order valence-electron chi connectivity index (χ3n) is 1.31. The zero-order valence-electron chi connectivity index (χ0n) is 13.9. The molecule has 8 nitrogen and oxygen atoms in total. The van der Waals surface area contributed by atoms with E-state index >= 15 is 0 Å². The molecule has 0 amide bonds. The zero-order valence-corrected chi connectivity index (χ0v) is 15.3. The molecule has 0 aromatic heterocycles. The molecule has 0 bridgehead atoms. The van der Waals surface area contributed by atoms with Crippen molar-refractivity contribution < 1.29 is 39.6 Å². The van der Waals surface area contributed by atoms with E-state index in [4.69, 9.17) is 10.2 Å². The summed E-state index contributed by atoms with van der Waals surface area (Å²) in [5.74, 6) is -3.86. The van der Waals surface area contributed by atoms with Gasteiger partial charge in [-0.05, 0) is 26.7 Å². The Balaban J connectivity index is -0.0000000620. The summed E-state index contributed by atoms with van der Waals surface area (Å²) in [5.41, 5.74) is 0.352. The van der Waals surface area contributed by atoms with Gasteiger partial charge < -0.3 is 30.0 Å². The summed E-state index contributed by atoms with van der Waals surface area (Å²) in [6, 6.07) is 0. The Morgan fingerprint density at radius 2 is 0.870 bits per heavy atom. The maximum absolute atomic E-state index is 9.60. The Morgan fingerprint density at radius 3 is 0.870 bits per heavy atom. The summed E-state index contributed by atoms with van der Waals surface area (Å²) >= 11 is 0. The first kappa shape index (κ1) is 32.9. The molecule has 2 N–H and O–H groups in total. The van der Waals surface area contributed by atoms with Crippen molar-refractivity contribution in [2.75, 3.05) is 0 Å². The molecular weight excluding hydrogens is 320 g/mol. The van der Waals surface area contributed by atoms with Crippen molar-refractivity contribution >= 4 is 46.9 Å². The molecule has 0 unspecified atom stereocenters. The normalized spacial score (nSPS) is 7.13. The second-order valence-electron chi connectivity index (χ2n) is 3.62. The molecule has 0 fully saturated rings. The first-order valence-corrected chi connectivity index (χ1v) is 6.00. The van der Waals surface area contributed by atoms with Gasteiger partial charge in [-0.3, -0.25) is 0 Å². The average molecular weight is 343 g/mol. The first-order valence-electron chi connectivity index (χ1n) is 6.00. The summed E-state index contributed by atoms with van der Waals surface area (Å²) < 4.78 is 0. The molecule has 0 spiro atoms. The Morgan fingerprint density at radius 1 is 0.783 bits per heavy atom. The number of aliphatic carboxylic acids is 4. The van der Waals surface area contributed by atoms with Gasteiger partial charge in [-0.2, -0.15) is 0 Å². The van der Waals surface area contributed by atoms with Gasteiger partial charge in [0.25, 0.3) is 0 Å². The van der Waals surface area contributed by atoms with Crippen molar-refractivity contribution in [3.63, 3.8) is 0 Å². The van der Waals surface area contributed by atoms with Gasteiger partial charge in [0.15, 0.2) is 0 Å². The third-order valence-corrected chi connectivity index (χ3v) is 1.31. The van der Waals surface area contributed by atoms with E-state index in [0.29, 0.717) is 0 Å². The van der Waals surface area contributed by atoms with E-state index < -0.39 is 23.9 Å². The van der Waals surface area contributed by atoms with E-state index in [2.05, 4.69) is 13.2 Å². The van der Waals surface area contributed by atoms with Crippen LogP contribution in [0, 0.1) is 0 Å². The Hall–Kier alpha value is -1.87. The molecule has 0 radical (unpaired) electrons. The standard InChI is InChI=1S/2C4H6O2.2C3H6O2.Mg/c2*1-3(2)4(5)6;2*1-2-3(4)5;/h2*1H2,2H3,(H,5,6);2*2H2,1H3,(H,4,5);/q;;;;+2/p-2. The molecule has 0 aliphatic heterocycles. The van der Waals surface area contributed by atoms with Crippen molar-refractivity contribution in [3.8, 4) is 0 Å². The molecule has 0 heterocycles. The fourth-order valence-electron chi connectivity index (χ4n) is 0. The molecule has 0 aliphatic rings. The van der Waals surface area contributed by atoms with Gasteiger partial charge in [0.05, 0.1) is 0 Å². The molecule has 0 saturated heterocycles. The van der Waals surface area contributed by atoms with E-state index in [-0.39, 0.29) is 47.0 Å². The molecule has 128 valence electrons. The van der Waals surface area contributed by atoms with Gasteiger partial charge in [-0.15, -0.1) is 0 Å². The van der Waals surface area contributed by atoms with Gasteiger partial charge in [-0.25, -0.2) is 9.59 Å². The van der Waals surface area contributed by atoms with Gasteiger partial charge in [0.2, 0.25) is 0 Å². The van der Waals surface area contributed by atoms with Crippen LogP contribution in [0.15, 0.2) is 24.3 Å². The first-order chi connectivity index (χ1) is 9.83. The summed E-state index contributed by atoms with van der Waals surface area (Å²) in [6.07, 6.45) is 0.222. The van der Waals surface area contributed by atoms with E-state index in [0.717, 1.165) is 0 Å². The summed E-state index contributed by atoms with van der Waals surface area (Å²) in [4.78, 5) is 37.7. The largest absolute Gasteiger partial charge is 2.00 e. The van der Waals surface area contributed by atoms with Gasteiger partial charge in [0, 0.05) is 23.1 Å². The number of carbonyl (C=O) groups excluding carboxylic acids is 2. The SMILES string of the molecule is C=C(C)C(=O)O.C=C(C)C(=O)O.CCC(=O)[O-].CCC(=O)[O-].[Mg+2]. The summed E-state index contributed by atoms with van der Waals surface area (Å²) in [6.45, 7) is 12.3. The number of carboxylic acids is 4. The monoisotopic (exact) mass is 342 g/mol. The smallest absolute Gasteiger partial charge is 0.550 e. The van der Waals surface area contributed by atoms with Crippen molar-refractivity contribution in [2.45, 2.75) is 40.5 Å². The predicted molar refractivity (Wildman–Crippen MR) is 81.2 cm³/mol. The number of carboxylic acid groups (broad SMARTS) is 4. The van der Waals surface area contributed by atoms with Crippen LogP contribution < -0.4 is 10.2 Å². The molecule has 0 aliphatic carbocycles. The maximum Gasteiger partial charge on any atom is 2.00 e. The van der Waals surface area contributed by atoms with Crippen LogP contribution >= 0.6 is 0 Å². The molecule has 23 heavy (non-hydrogen) atoms. The molecular formula is C14H22MgO8. The van der Waals surface area contributed by atoms with E-state index in [9.17, 15) is 29.4 Å². The van der Waals surface area contributed by atoms with Crippen LogP contribution in [0.1, 0.15) is 40.5 Å². The number of rotatable bonds is 4. The van der Waals surface area contributed by atoms with Crippen molar-refractivity contribution in [2.24, 2.45) is 0 Å². The minimum absolute atomic E-state index is 0. The van der Waals surface area contributed by atoms with Crippen LogP contribution in [0.3, 0.4) is 0 Å². The van der Waals surface area contributed by atoms with E-state index in [1.165, 1.54) is 27.7 Å². The van der Waals surface area contributed by atoms with Gasteiger partial charge >= 0.3 is 35.0 Å². The number of hydrogen-bond donors (Lipinski definition) is 2. The number of carbonyl (C=O) groups is 4. The van der Waals surface area contributed by atoms with Crippen molar-refractivity contribution in [3.05, 3.63) is 24.3 Å². The zero-order chi connectivity index (χ0) is 18.9. The van der Waals surface area contributed by atoms with Crippen LogP contribution in [0.25, 0.3) is 0 Å². The molecule has 0 saturated carbocycles. The Bertz CT molecular complexity index is 340. The Kier molecular flexibility index (Phi) is 32.1. The van der Waals surface area contributed by atoms with E-state index in [1.54, 1.807) is 0 Å². The van der Waals surface area contributed by atoms with Crippen LogP contribution in [0.5, 0.6) is 0 Å². The average Bonchev–Trinajstić information content (AvgIpc) is 2.40. The van der Waals surface area contributed by atoms with Gasteiger partial charge in [-0.1, -0.05) is 27.0 Å². The fourth-order valence-corrected chi connectivity index (χ4v) is 0. The molecule has 0 aromatic carbocycles. The van der Waals surface area contributed by atoms with Crippen molar-refractivity contribution in [1.82, 2.24) is 0 Å². The van der Waals surface area contributed by atoms with Gasteiger partial charge in [0.1, 0.15) is 0 Å². The third kappa shape index (κ3) is 64.5. The van der Waals surface area contributed by atoms with Crippen LogP contribution in [0.2, 0.25) is 0 Å². The quantitative estimate of drug-likeness (QED) is 0.497. The van der Waals surface area contributed by atoms with Crippen LogP contribution in [-0.4, -0.2) is 57.1 Å². The van der Waals surface area contributed by atoms with Crippen molar-refractivity contribution in [1.29, 1.82) is 0 Å². The predicted octanol–water partition coefficient (Wildman–Crippen LogP) is -0.794. The topological polar surface area (TPSA) is 155 Å². The number of hydrogen-bond acceptors (Lipinski definition) is 6. The minimum Gasteiger partial charge on any atom is -0.550 e. The maximum atomic E-state index is 9.60. The summed E-state index contributed by atoms with van der Waals surface area (Å²) in [5, 5.41) is 34.3. The second-order valence-corrected chi connectivity index (χ2v) is 3.62. The second kappa shape index (κ2) is 22.4. The molecule has 9 heteroatoms. The Labute approximate surface area is 151 Å². The molecule has 0 aromatic rings. The molecule has 0 atom stereocenters. The minimum atomic E-state index is -0.995. The van der Waals surface area contributed by atoms with Crippen LogP contribution in [0.4, 0.5) is 0 Å². The molecule has 0 rings (SSSR count).